The third kappa shape index (κ3) is 1.33. The quantitative estimate of drug-likeness (QED) is 0.553. The van der Waals surface area contributed by atoms with Gasteiger partial charge in [-0.1, -0.05) is 18.2 Å². The standard InChI is InChI=1S/C9H8N2O2/c12-8-5-6-3-1-2-4-7(6)10-11-9(8)13/h1-5,10,12H,(H,11,13). The van der Waals surface area contributed by atoms with Crippen LogP contribution in [0.4, 0.5) is 5.69 Å². The molecule has 3 N–H and O–H groups in total. The third-order valence-electron chi connectivity index (χ3n) is 1.80. The number of amides is 1. The fraction of sp³-hybridized carbons (Fsp3) is 0. The highest BCUT2D eigenvalue weighted by Gasteiger charge is 2.12. The molecule has 0 atom stereocenters. The van der Waals surface area contributed by atoms with Crippen LogP contribution in [-0.4, -0.2) is 11.0 Å². The summed E-state index contributed by atoms with van der Waals surface area (Å²) >= 11 is 0. The average molecular weight is 176 g/mol. The van der Waals surface area contributed by atoms with E-state index in [2.05, 4.69) is 10.9 Å². The monoisotopic (exact) mass is 176 g/mol. The molecule has 0 unspecified atom stereocenters. The third-order valence-corrected chi connectivity index (χ3v) is 1.80. The van der Waals surface area contributed by atoms with Gasteiger partial charge in [-0.3, -0.25) is 15.6 Å². The Kier molecular flexibility index (Phi) is 1.66. The van der Waals surface area contributed by atoms with Crippen molar-refractivity contribution in [2.75, 3.05) is 5.43 Å². The zero-order valence-electron chi connectivity index (χ0n) is 6.74. The Labute approximate surface area is 74.9 Å². The highest BCUT2D eigenvalue weighted by atomic mass is 16.3. The number of benzene rings is 1. The van der Waals surface area contributed by atoms with Crippen LogP contribution in [0.25, 0.3) is 6.08 Å². The topological polar surface area (TPSA) is 61.4 Å². The first-order valence-corrected chi connectivity index (χ1v) is 3.83. The Morgan fingerprint density at radius 3 is 2.77 bits per heavy atom. The number of para-hydroxylation sites is 1. The van der Waals surface area contributed by atoms with Gasteiger partial charge in [0.25, 0.3) is 0 Å². The molecule has 0 saturated carbocycles. The Bertz CT molecular complexity index is 385. The maximum atomic E-state index is 11.0. The predicted octanol–water partition coefficient (Wildman–Crippen LogP) is 1.04. The zero-order valence-corrected chi connectivity index (χ0v) is 6.74. The second kappa shape index (κ2) is 2.82. The smallest absolute Gasteiger partial charge is 0.304 e. The minimum atomic E-state index is -0.531. The van der Waals surface area contributed by atoms with E-state index in [1.807, 2.05) is 18.2 Å². The fourth-order valence-corrected chi connectivity index (χ4v) is 1.14. The lowest BCUT2D eigenvalue weighted by atomic mass is 10.1. The lowest BCUT2D eigenvalue weighted by Crippen LogP contribution is -2.29. The lowest BCUT2D eigenvalue weighted by Gasteiger charge is -2.05. The number of rotatable bonds is 0. The van der Waals surface area contributed by atoms with Crippen molar-refractivity contribution >= 4 is 17.7 Å². The Balaban J connectivity index is 2.51. The number of anilines is 1. The molecule has 1 amide bonds. The molecule has 0 spiro atoms. The average Bonchev–Trinajstić information content (AvgIpc) is 2.28. The minimum Gasteiger partial charge on any atom is -0.503 e. The summed E-state index contributed by atoms with van der Waals surface area (Å²) in [5.41, 5.74) is 6.58. The van der Waals surface area contributed by atoms with Gasteiger partial charge < -0.3 is 5.11 Å². The van der Waals surface area contributed by atoms with Crippen molar-refractivity contribution in [3.63, 3.8) is 0 Å². The van der Waals surface area contributed by atoms with Gasteiger partial charge in [-0.15, -0.1) is 0 Å². The highest BCUT2D eigenvalue weighted by molar-refractivity contribution is 5.98. The largest absolute Gasteiger partial charge is 0.503 e. The molecule has 1 aromatic carbocycles. The van der Waals surface area contributed by atoms with E-state index in [0.29, 0.717) is 0 Å². The molecule has 4 nitrogen and oxygen atoms in total. The van der Waals surface area contributed by atoms with Crippen molar-refractivity contribution in [1.82, 2.24) is 5.43 Å². The van der Waals surface area contributed by atoms with Crippen molar-refractivity contribution in [3.8, 4) is 0 Å². The van der Waals surface area contributed by atoms with Gasteiger partial charge in [0.05, 0.1) is 5.69 Å². The van der Waals surface area contributed by atoms with E-state index < -0.39 is 5.91 Å². The van der Waals surface area contributed by atoms with Gasteiger partial charge in [-0.05, 0) is 12.1 Å². The molecule has 1 aliphatic heterocycles. The molecule has 1 heterocycles. The van der Waals surface area contributed by atoms with Gasteiger partial charge in [0.1, 0.15) is 0 Å². The summed E-state index contributed by atoms with van der Waals surface area (Å²) in [6.07, 6.45) is 1.42. The number of carbonyl (C=O) groups is 1. The van der Waals surface area contributed by atoms with Crippen LogP contribution in [0.5, 0.6) is 0 Å². The number of nitrogens with one attached hydrogen (secondary N) is 2. The van der Waals surface area contributed by atoms with Gasteiger partial charge in [0.15, 0.2) is 5.76 Å². The summed E-state index contributed by atoms with van der Waals surface area (Å²) in [7, 11) is 0. The number of aliphatic hydroxyl groups excluding tert-OH is 1. The molecule has 13 heavy (non-hydrogen) atoms. The molecule has 2 rings (SSSR count). The molecule has 0 fully saturated rings. The van der Waals surface area contributed by atoms with Gasteiger partial charge in [0.2, 0.25) is 0 Å². The van der Waals surface area contributed by atoms with E-state index in [1.54, 1.807) is 6.07 Å². The molecule has 0 bridgehead atoms. The first-order valence-electron chi connectivity index (χ1n) is 3.83. The van der Waals surface area contributed by atoms with E-state index in [4.69, 9.17) is 0 Å². The fourth-order valence-electron chi connectivity index (χ4n) is 1.14. The molecule has 1 aliphatic rings. The Morgan fingerprint density at radius 2 is 1.92 bits per heavy atom. The van der Waals surface area contributed by atoms with Gasteiger partial charge in [-0.25, -0.2) is 0 Å². The van der Waals surface area contributed by atoms with Crippen LogP contribution in [0.1, 0.15) is 5.56 Å². The number of aliphatic hydroxyl groups is 1. The summed E-state index contributed by atoms with van der Waals surface area (Å²) in [4.78, 5) is 11.0. The second-order valence-electron chi connectivity index (χ2n) is 2.70. The molecular formula is C9H8N2O2. The van der Waals surface area contributed by atoms with E-state index in [-0.39, 0.29) is 5.76 Å². The second-order valence-corrected chi connectivity index (χ2v) is 2.70. The lowest BCUT2D eigenvalue weighted by molar-refractivity contribution is -0.119. The molecule has 4 heteroatoms. The van der Waals surface area contributed by atoms with Crippen LogP contribution in [0, 0.1) is 0 Å². The van der Waals surface area contributed by atoms with E-state index in [9.17, 15) is 9.90 Å². The van der Waals surface area contributed by atoms with Crippen molar-refractivity contribution in [2.24, 2.45) is 0 Å². The van der Waals surface area contributed by atoms with Gasteiger partial charge >= 0.3 is 5.91 Å². The first kappa shape index (κ1) is 7.67. The number of carbonyl (C=O) groups excluding carboxylic acids is 1. The molecule has 0 saturated heterocycles. The van der Waals surface area contributed by atoms with Crippen LogP contribution >= 0.6 is 0 Å². The number of fused-ring (bicyclic) bond motifs is 1. The van der Waals surface area contributed by atoms with Crippen molar-refractivity contribution in [3.05, 3.63) is 35.6 Å². The van der Waals surface area contributed by atoms with Gasteiger partial charge in [-0.2, -0.15) is 0 Å². The highest BCUT2D eigenvalue weighted by Crippen LogP contribution is 2.18. The van der Waals surface area contributed by atoms with Crippen LogP contribution in [0.15, 0.2) is 30.0 Å². The summed E-state index contributed by atoms with van der Waals surface area (Å²) in [5, 5.41) is 9.21. The van der Waals surface area contributed by atoms with E-state index in [0.717, 1.165) is 11.3 Å². The summed E-state index contributed by atoms with van der Waals surface area (Å²) in [6, 6.07) is 7.29. The molecule has 1 aromatic rings. The normalized spacial score (nSPS) is 14.8. The van der Waals surface area contributed by atoms with Crippen LogP contribution in [0.3, 0.4) is 0 Å². The van der Waals surface area contributed by atoms with Crippen molar-refractivity contribution < 1.29 is 9.90 Å². The predicted molar refractivity (Wildman–Crippen MR) is 48.8 cm³/mol. The Hall–Kier alpha value is -1.97. The van der Waals surface area contributed by atoms with Crippen LogP contribution in [-0.2, 0) is 4.79 Å². The molecule has 0 radical (unpaired) electrons. The summed E-state index contributed by atoms with van der Waals surface area (Å²) < 4.78 is 0. The number of hydrogen-bond acceptors (Lipinski definition) is 3. The molecular weight excluding hydrogens is 168 g/mol. The summed E-state index contributed by atoms with van der Waals surface area (Å²) in [6.45, 7) is 0. The minimum absolute atomic E-state index is 0.294. The molecule has 0 aliphatic carbocycles. The molecule has 0 aromatic heterocycles. The summed E-state index contributed by atoms with van der Waals surface area (Å²) in [5.74, 6) is -0.825. The SMILES string of the molecule is O=C1NNc2ccccc2C=C1O. The van der Waals surface area contributed by atoms with Crippen molar-refractivity contribution in [2.45, 2.75) is 0 Å². The zero-order chi connectivity index (χ0) is 9.26. The number of hydrogen-bond donors (Lipinski definition) is 3. The maximum absolute atomic E-state index is 11.0. The maximum Gasteiger partial charge on any atom is 0.304 e. The number of hydrazine groups is 1. The first-order chi connectivity index (χ1) is 6.27. The van der Waals surface area contributed by atoms with Crippen LogP contribution in [0.2, 0.25) is 0 Å². The van der Waals surface area contributed by atoms with E-state index in [1.165, 1.54) is 6.08 Å². The van der Waals surface area contributed by atoms with E-state index >= 15 is 0 Å². The van der Waals surface area contributed by atoms with Gasteiger partial charge in [0, 0.05) is 5.56 Å². The molecule has 66 valence electrons. The Morgan fingerprint density at radius 1 is 1.15 bits per heavy atom. The van der Waals surface area contributed by atoms with Crippen molar-refractivity contribution in [1.29, 1.82) is 0 Å². The van der Waals surface area contributed by atoms with Crippen LogP contribution < -0.4 is 10.9 Å².